The van der Waals surface area contributed by atoms with Gasteiger partial charge < -0.3 is 10.7 Å². The summed E-state index contributed by atoms with van der Waals surface area (Å²) in [5.74, 6) is 0.955. The molecule has 1 unspecified atom stereocenters. The summed E-state index contributed by atoms with van der Waals surface area (Å²) in [6.45, 7) is 2.15. The number of benzene rings is 1. The Morgan fingerprint density at radius 1 is 1.17 bits per heavy atom. The second-order valence-corrected chi connectivity index (χ2v) is 7.56. The lowest BCUT2D eigenvalue weighted by atomic mass is 9.89. The van der Waals surface area contributed by atoms with E-state index in [0.717, 1.165) is 47.5 Å². The molecule has 3 heterocycles. The number of nitrogens with zero attached hydrogens (tertiary/aromatic N) is 4. The quantitative estimate of drug-likeness (QED) is 0.703. The van der Waals surface area contributed by atoms with Crippen molar-refractivity contribution in [3.05, 3.63) is 77.9 Å². The number of imidazole rings is 1. The number of aromatic nitrogens is 3. The van der Waals surface area contributed by atoms with Crippen LogP contribution in [0.25, 0.3) is 11.0 Å². The van der Waals surface area contributed by atoms with E-state index in [2.05, 4.69) is 39.2 Å². The average molecular weight is 384 g/mol. The lowest BCUT2D eigenvalue weighted by Crippen LogP contribution is -2.43. The Labute approximate surface area is 169 Å². The minimum Gasteiger partial charge on any atom is -0.398 e. The van der Waals surface area contributed by atoms with Crippen LogP contribution in [0.4, 0.5) is 5.69 Å². The molecule has 1 aliphatic carbocycles. The van der Waals surface area contributed by atoms with Crippen LogP contribution < -0.4 is 5.73 Å². The summed E-state index contributed by atoms with van der Waals surface area (Å²) < 4.78 is 0. The first-order chi connectivity index (χ1) is 14.3. The van der Waals surface area contributed by atoms with Gasteiger partial charge in [0.25, 0.3) is 0 Å². The molecule has 3 aromatic rings. The lowest BCUT2D eigenvalue weighted by molar-refractivity contribution is 0.209. The number of allylic oxidation sites excluding steroid dienone is 2. The summed E-state index contributed by atoms with van der Waals surface area (Å²) in [5.41, 5.74) is 12.5. The molecule has 146 valence electrons. The first-order valence-electron chi connectivity index (χ1n) is 10.1. The van der Waals surface area contributed by atoms with Gasteiger partial charge in [-0.3, -0.25) is 14.9 Å². The van der Waals surface area contributed by atoms with Gasteiger partial charge in [-0.2, -0.15) is 0 Å². The number of H-pyrrole nitrogens is 1. The summed E-state index contributed by atoms with van der Waals surface area (Å²) in [4.78, 5) is 19.8. The molecule has 1 aliphatic heterocycles. The summed E-state index contributed by atoms with van der Waals surface area (Å²) in [6.07, 6.45) is 12.3. The van der Waals surface area contributed by atoms with Crippen LogP contribution in [0.15, 0.2) is 71.5 Å². The van der Waals surface area contributed by atoms with Crippen LogP contribution in [0, 0.1) is 0 Å². The van der Waals surface area contributed by atoms with Crippen molar-refractivity contribution in [2.24, 2.45) is 4.99 Å². The Morgan fingerprint density at radius 2 is 2.10 bits per heavy atom. The van der Waals surface area contributed by atoms with Gasteiger partial charge in [0.1, 0.15) is 5.82 Å². The maximum Gasteiger partial charge on any atom is 0.121 e. The van der Waals surface area contributed by atoms with E-state index in [1.807, 2.05) is 30.5 Å². The third-order valence-electron chi connectivity index (χ3n) is 5.63. The number of hydrogen-bond acceptors (Lipinski definition) is 5. The fraction of sp³-hybridized carbons (Fsp3) is 0.261. The molecule has 1 atom stereocenters. The van der Waals surface area contributed by atoms with Crippen molar-refractivity contribution in [3.8, 4) is 0 Å². The second-order valence-electron chi connectivity index (χ2n) is 7.56. The van der Waals surface area contributed by atoms with Crippen molar-refractivity contribution in [3.63, 3.8) is 0 Å². The van der Waals surface area contributed by atoms with Gasteiger partial charge in [0.05, 0.1) is 35.9 Å². The zero-order valence-corrected chi connectivity index (χ0v) is 16.3. The van der Waals surface area contributed by atoms with E-state index in [1.54, 1.807) is 6.20 Å². The highest BCUT2D eigenvalue weighted by molar-refractivity contribution is 6.07. The molecule has 6 nitrogen and oxygen atoms in total. The smallest absolute Gasteiger partial charge is 0.121 e. The van der Waals surface area contributed by atoms with Gasteiger partial charge in [-0.25, -0.2) is 4.98 Å². The predicted octanol–water partition coefficient (Wildman–Crippen LogP) is 3.64. The van der Waals surface area contributed by atoms with E-state index in [0.29, 0.717) is 13.1 Å². The Hall–Kier alpha value is -3.25. The fourth-order valence-electron chi connectivity index (χ4n) is 4.20. The van der Waals surface area contributed by atoms with E-state index >= 15 is 0 Å². The zero-order valence-electron chi connectivity index (χ0n) is 16.3. The maximum atomic E-state index is 6.24. The van der Waals surface area contributed by atoms with Crippen LogP contribution in [0.1, 0.15) is 24.2 Å². The lowest BCUT2D eigenvalue weighted by Gasteiger charge is -2.35. The van der Waals surface area contributed by atoms with Crippen LogP contribution in [-0.4, -0.2) is 38.2 Å². The monoisotopic (exact) mass is 384 g/mol. The predicted molar refractivity (Wildman–Crippen MR) is 117 cm³/mol. The number of anilines is 1. The molecule has 1 aromatic carbocycles. The number of nitrogen functional groups attached to an aromatic ring is 1. The van der Waals surface area contributed by atoms with Crippen molar-refractivity contribution in [2.75, 3.05) is 12.3 Å². The standard InChI is InChI=1S/C23H24N6/c24-18-10-12-25-13-17(18)14-29(15-22-27-19-7-1-2-8-20(19)28-22)21-9-3-5-16-6-4-11-26-23(16)21/h1-2,4-8,10,12-13,21H,3,9,11,14-15H2,(H2,24,25)(H,27,28). The number of hydrogen-bond donors (Lipinski definition) is 2. The molecule has 2 aromatic heterocycles. The van der Waals surface area contributed by atoms with Crippen molar-refractivity contribution in [2.45, 2.75) is 32.0 Å². The Balaban J connectivity index is 1.49. The van der Waals surface area contributed by atoms with E-state index in [-0.39, 0.29) is 6.04 Å². The Bertz CT molecular complexity index is 1090. The minimum absolute atomic E-state index is 0.229. The van der Waals surface area contributed by atoms with Gasteiger partial charge >= 0.3 is 0 Å². The number of nitrogens with two attached hydrogens (primary N) is 1. The number of aliphatic imine (C=N–C) groups is 1. The molecule has 0 bridgehead atoms. The number of rotatable bonds is 5. The summed E-state index contributed by atoms with van der Waals surface area (Å²) in [5, 5.41) is 0. The van der Waals surface area contributed by atoms with Crippen molar-refractivity contribution in [1.82, 2.24) is 19.9 Å². The molecular weight excluding hydrogens is 360 g/mol. The van der Waals surface area contributed by atoms with E-state index in [4.69, 9.17) is 15.7 Å². The number of dihydropyridines is 1. The number of fused-ring (bicyclic) bond motifs is 2. The highest BCUT2D eigenvalue weighted by Crippen LogP contribution is 2.27. The van der Waals surface area contributed by atoms with Crippen LogP contribution >= 0.6 is 0 Å². The minimum atomic E-state index is 0.229. The van der Waals surface area contributed by atoms with Crippen LogP contribution in [0.2, 0.25) is 0 Å². The molecular formula is C23H24N6. The SMILES string of the molecule is Nc1ccncc1CN(Cc1nc2ccccc2[nH]1)C1CCC=C2C=CCN=C21. The van der Waals surface area contributed by atoms with E-state index < -0.39 is 0 Å². The highest BCUT2D eigenvalue weighted by Gasteiger charge is 2.29. The van der Waals surface area contributed by atoms with E-state index in [1.165, 1.54) is 11.3 Å². The third kappa shape index (κ3) is 3.59. The molecule has 0 radical (unpaired) electrons. The van der Waals surface area contributed by atoms with E-state index in [9.17, 15) is 0 Å². The molecule has 3 N–H and O–H groups in total. The van der Waals surface area contributed by atoms with Gasteiger partial charge in [0.15, 0.2) is 0 Å². The third-order valence-corrected chi connectivity index (χ3v) is 5.63. The van der Waals surface area contributed by atoms with Crippen LogP contribution in [-0.2, 0) is 13.1 Å². The first kappa shape index (κ1) is 17.8. The van der Waals surface area contributed by atoms with Crippen LogP contribution in [0.5, 0.6) is 0 Å². The largest absolute Gasteiger partial charge is 0.398 e. The number of pyridine rings is 1. The molecule has 29 heavy (non-hydrogen) atoms. The average Bonchev–Trinajstić information content (AvgIpc) is 3.17. The second kappa shape index (κ2) is 7.64. The molecule has 0 spiro atoms. The molecule has 5 rings (SSSR count). The van der Waals surface area contributed by atoms with Crippen molar-refractivity contribution in [1.29, 1.82) is 0 Å². The van der Waals surface area contributed by atoms with Gasteiger partial charge in [-0.1, -0.05) is 30.4 Å². The van der Waals surface area contributed by atoms with Gasteiger partial charge in [0, 0.05) is 30.2 Å². The van der Waals surface area contributed by atoms with Gasteiger partial charge in [-0.05, 0) is 36.6 Å². The highest BCUT2D eigenvalue weighted by atomic mass is 15.2. The fourth-order valence-corrected chi connectivity index (χ4v) is 4.20. The van der Waals surface area contributed by atoms with Gasteiger partial charge in [-0.15, -0.1) is 0 Å². The van der Waals surface area contributed by atoms with Gasteiger partial charge in [0.2, 0.25) is 0 Å². The molecule has 0 saturated heterocycles. The molecule has 2 aliphatic rings. The topological polar surface area (TPSA) is 83.2 Å². The number of nitrogens with one attached hydrogen (secondary N) is 1. The van der Waals surface area contributed by atoms with Crippen LogP contribution in [0.3, 0.4) is 0 Å². The maximum absolute atomic E-state index is 6.24. The molecule has 0 amide bonds. The van der Waals surface area contributed by atoms with Crippen molar-refractivity contribution < 1.29 is 0 Å². The molecule has 0 fully saturated rings. The summed E-state index contributed by atoms with van der Waals surface area (Å²) in [7, 11) is 0. The first-order valence-corrected chi connectivity index (χ1v) is 10.1. The van der Waals surface area contributed by atoms with Crippen molar-refractivity contribution >= 4 is 22.4 Å². The summed E-state index contributed by atoms with van der Waals surface area (Å²) >= 11 is 0. The summed E-state index contributed by atoms with van der Waals surface area (Å²) in [6, 6.07) is 10.2. The Kier molecular flexibility index (Phi) is 4.69. The molecule has 6 heteroatoms. The number of aromatic amines is 1. The number of para-hydroxylation sites is 2. The molecule has 0 saturated carbocycles. The Morgan fingerprint density at radius 3 is 3.00 bits per heavy atom. The normalized spacial score (nSPS) is 18.6. The zero-order chi connectivity index (χ0) is 19.6.